The van der Waals surface area contributed by atoms with Crippen molar-refractivity contribution in [2.45, 2.75) is 32.8 Å². The minimum atomic E-state index is -0.586. The molecular formula is C21H27NO4. The highest BCUT2D eigenvalue weighted by atomic mass is 16.5. The molecule has 5 heteroatoms. The number of hydrogen-bond acceptors (Lipinski definition) is 4. The predicted octanol–water partition coefficient (Wildman–Crippen LogP) is 3.61. The normalized spacial score (nSPS) is 11.5. The molecule has 0 bridgehead atoms. The molecule has 0 heterocycles. The zero-order valence-corrected chi connectivity index (χ0v) is 15.7. The molecule has 0 aromatic heterocycles. The number of amides is 1. The summed E-state index contributed by atoms with van der Waals surface area (Å²) in [5.41, 5.74) is 1.22. The second-order valence-electron chi connectivity index (χ2n) is 5.88. The SMILES string of the molecule is CCOc1ccc(CCCNC(=O)C(C)Oc2ccccc2OC)cc1. The zero-order chi connectivity index (χ0) is 18.8. The molecule has 2 aromatic rings. The van der Waals surface area contributed by atoms with Crippen LogP contribution in [0.2, 0.25) is 0 Å². The minimum absolute atomic E-state index is 0.136. The van der Waals surface area contributed by atoms with Crippen LogP contribution in [0, 0.1) is 0 Å². The number of aryl methyl sites for hydroxylation is 1. The average molecular weight is 357 g/mol. The summed E-state index contributed by atoms with van der Waals surface area (Å²) in [6.07, 6.45) is 1.17. The highest BCUT2D eigenvalue weighted by Crippen LogP contribution is 2.26. The topological polar surface area (TPSA) is 56.8 Å². The van der Waals surface area contributed by atoms with Crippen LogP contribution < -0.4 is 19.5 Å². The fraction of sp³-hybridized carbons (Fsp3) is 0.381. The fourth-order valence-corrected chi connectivity index (χ4v) is 2.53. The first-order valence-corrected chi connectivity index (χ1v) is 8.93. The van der Waals surface area contributed by atoms with E-state index < -0.39 is 6.10 Å². The van der Waals surface area contributed by atoms with Crippen molar-refractivity contribution < 1.29 is 19.0 Å². The maximum atomic E-state index is 12.2. The third-order valence-electron chi connectivity index (χ3n) is 3.92. The van der Waals surface area contributed by atoms with Gasteiger partial charge in [0.05, 0.1) is 13.7 Å². The molecule has 0 fully saturated rings. The Morgan fingerprint density at radius 1 is 1.08 bits per heavy atom. The van der Waals surface area contributed by atoms with E-state index in [9.17, 15) is 4.79 Å². The smallest absolute Gasteiger partial charge is 0.260 e. The molecule has 140 valence electrons. The van der Waals surface area contributed by atoms with Gasteiger partial charge >= 0.3 is 0 Å². The zero-order valence-electron chi connectivity index (χ0n) is 15.7. The Kier molecular flexibility index (Phi) is 7.80. The highest BCUT2D eigenvalue weighted by Gasteiger charge is 2.15. The van der Waals surface area contributed by atoms with Crippen LogP contribution in [0.15, 0.2) is 48.5 Å². The molecule has 5 nitrogen and oxygen atoms in total. The van der Waals surface area contributed by atoms with E-state index in [1.807, 2.05) is 31.2 Å². The number of rotatable bonds is 10. The van der Waals surface area contributed by atoms with Crippen molar-refractivity contribution in [1.29, 1.82) is 0 Å². The molecule has 0 aliphatic heterocycles. The van der Waals surface area contributed by atoms with Crippen molar-refractivity contribution in [3.63, 3.8) is 0 Å². The summed E-state index contributed by atoms with van der Waals surface area (Å²) < 4.78 is 16.4. The molecule has 0 aliphatic carbocycles. The Labute approximate surface area is 155 Å². The van der Waals surface area contributed by atoms with E-state index in [0.29, 0.717) is 24.7 Å². The van der Waals surface area contributed by atoms with Crippen molar-refractivity contribution in [3.05, 3.63) is 54.1 Å². The number of carbonyl (C=O) groups excluding carboxylic acids is 1. The summed E-state index contributed by atoms with van der Waals surface area (Å²) >= 11 is 0. The number of carbonyl (C=O) groups is 1. The molecule has 1 atom stereocenters. The number of nitrogens with one attached hydrogen (secondary N) is 1. The Bertz CT molecular complexity index is 685. The Morgan fingerprint density at radius 2 is 1.77 bits per heavy atom. The second kappa shape index (κ2) is 10.3. The largest absolute Gasteiger partial charge is 0.494 e. The van der Waals surface area contributed by atoms with Crippen LogP contribution >= 0.6 is 0 Å². The third kappa shape index (κ3) is 5.99. The minimum Gasteiger partial charge on any atom is -0.494 e. The van der Waals surface area contributed by atoms with Crippen LogP contribution in [0.4, 0.5) is 0 Å². The van der Waals surface area contributed by atoms with Crippen molar-refractivity contribution in [2.24, 2.45) is 0 Å². The monoisotopic (exact) mass is 357 g/mol. The van der Waals surface area contributed by atoms with E-state index in [2.05, 4.69) is 17.4 Å². The molecule has 1 unspecified atom stereocenters. The molecule has 1 N–H and O–H groups in total. The summed E-state index contributed by atoms with van der Waals surface area (Å²) in [7, 11) is 1.58. The summed E-state index contributed by atoms with van der Waals surface area (Å²) in [4.78, 5) is 12.2. The van der Waals surface area contributed by atoms with Gasteiger partial charge in [0.25, 0.3) is 5.91 Å². The molecule has 0 aliphatic rings. The summed E-state index contributed by atoms with van der Waals surface area (Å²) in [5, 5.41) is 2.91. The second-order valence-corrected chi connectivity index (χ2v) is 5.88. The maximum Gasteiger partial charge on any atom is 0.260 e. The number of ether oxygens (including phenoxy) is 3. The van der Waals surface area contributed by atoms with Gasteiger partial charge in [-0.3, -0.25) is 4.79 Å². The quantitative estimate of drug-likeness (QED) is 0.660. The number of hydrogen-bond donors (Lipinski definition) is 1. The molecule has 2 aromatic carbocycles. The molecule has 0 radical (unpaired) electrons. The van der Waals surface area contributed by atoms with Gasteiger partial charge in [0, 0.05) is 6.54 Å². The van der Waals surface area contributed by atoms with Crippen LogP contribution in [-0.2, 0) is 11.2 Å². The lowest BCUT2D eigenvalue weighted by Gasteiger charge is -2.16. The standard InChI is InChI=1S/C21H27NO4/c1-4-25-18-13-11-17(12-14-18)8-7-15-22-21(23)16(2)26-20-10-6-5-9-19(20)24-3/h5-6,9-14,16H,4,7-8,15H2,1-3H3,(H,22,23). The van der Waals surface area contributed by atoms with E-state index in [1.54, 1.807) is 26.2 Å². The number of methoxy groups -OCH3 is 1. The van der Waals surface area contributed by atoms with E-state index in [-0.39, 0.29) is 5.91 Å². The maximum absolute atomic E-state index is 12.2. The van der Waals surface area contributed by atoms with E-state index in [0.717, 1.165) is 18.6 Å². The first-order chi connectivity index (χ1) is 12.6. The third-order valence-corrected chi connectivity index (χ3v) is 3.92. The van der Waals surface area contributed by atoms with Crippen LogP contribution in [0.1, 0.15) is 25.8 Å². The molecular weight excluding hydrogens is 330 g/mol. The lowest BCUT2D eigenvalue weighted by Crippen LogP contribution is -2.37. The predicted molar refractivity (Wildman–Crippen MR) is 102 cm³/mol. The molecule has 2 rings (SSSR count). The first kappa shape index (κ1) is 19.6. The molecule has 26 heavy (non-hydrogen) atoms. The Morgan fingerprint density at radius 3 is 2.42 bits per heavy atom. The molecule has 0 saturated carbocycles. The van der Waals surface area contributed by atoms with Crippen LogP contribution in [0.25, 0.3) is 0 Å². The van der Waals surface area contributed by atoms with Crippen molar-refractivity contribution in [2.75, 3.05) is 20.3 Å². The van der Waals surface area contributed by atoms with E-state index in [4.69, 9.17) is 14.2 Å². The van der Waals surface area contributed by atoms with Gasteiger partial charge < -0.3 is 19.5 Å². The van der Waals surface area contributed by atoms with Crippen LogP contribution in [-0.4, -0.2) is 32.3 Å². The summed E-state index contributed by atoms with van der Waals surface area (Å²) in [6.45, 7) is 4.97. The van der Waals surface area contributed by atoms with Gasteiger partial charge in [0.2, 0.25) is 0 Å². The average Bonchev–Trinajstić information content (AvgIpc) is 2.67. The lowest BCUT2D eigenvalue weighted by molar-refractivity contribution is -0.127. The van der Waals surface area contributed by atoms with Gasteiger partial charge in [-0.1, -0.05) is 24.3 Å². The summed E-state index contributed by atoms with van der Waals surface area (Å²) in [5.74, 6) is 1.92. The first-order valence-electron chi connectivity index (χ1n) is 8.93. The van der Waals surface area contributed by atoms with Gasteiger partial charge in [-0.2, -0.15) is 0 Å². The van der Waals surface area contributed by atoms with Crippen LogP contribution in [0.5, 0.6) is 17.2 Å². The van der Waals surface area contributed by atoms with Gasteiger partial charge in [-0.15, -0.1) is 0 Å². The van der Waals surface area contributed by atoms with E-state index >= 15 is 0 Å². The van der Waals surface area contributed by atoms with E-state index in [1.165, 1.54) is 5.56 Å². The Hall–Kier alpha value is -2.69. The van der Waals surface area contributed by atoms with Crippen LogP contribution in [0.3, 0.4) is 0 Å². The van der Waals surface area contributed by atoms with Gasteiger partial charge in [0.1, 0.15) is 5.75 Å². The van der Waals surface area contributed by atoms with Gasteiger partial charge in [-0.25, -0.2) is 0 Å². The molecule has 1 amide bonds. The molecule has 0 spiro atoms. The van der Waals surface area contributed by atoms with Gasteiger partial charge in [0.15, 0.2) is 17.6 Å². The lowest BCUT2D eigenvalue weighted by atomic mass is 10.1. The van der Waals surface area contributed by atoms with Crippen molar-refractivity contribution in [3.8, 4) is 17.2 Å². The number of benzene rings is 2. The van der Waals surface area contributed by atoms with Gasteiger partial charge in [-0.05, 0) is 56.5 Å². The number of para-hydroxylation sites is 2. The van der Waals surface area contributed by atoms with Crippen molar-refractivity contribution >= 4 is 5.91 Å². The Balaban J connectivity index is 1.72. The highest BCUT2D eigenvalue weighted by molar-refractivity contribution is 5.80. The summed E-state index contributed by atoms with van der Waals surface area (Å²) in [6, 6.07) is 15.4. The van der Waals surface area contributed by atoms with Crippen molar-refractivity contribution in [1.82, 2.24) is 5.32 Å². The molecule has 0 saturated heterocycles. The fourth-order valence-electron chi connectivity index (χ4n) is 2.53.